The molecule has 2 N–H and O–H groups in total. The molecular formula is C20H21FN2O3. The van der Waals surface area contributed by atoms with Crippen LogP contribution < -0.4 is 10.6 Å². The molecule has 0 bridgehead atoms. The number of anilines is 1. The van der Waals surface area contributed by atoms with Crippen LogP contribution in [0.1, 0.15) is 41.5 Å². The molecule has 0 radical (unpaired) electrons. The zero-order chi connectivity index (χ0) is 19.3. The summed E-state index contributed by atoms with van der Waals surface area (Å²) < 4.78 is 13.8. The van der Waals surface area contributed by atoms with E-state index in [4.69, 9.17) is 0 Å². The van der Waals surface area contributed by atoms with Crippen LogP contribution in [-0.2, 0) is 4.79 Å². The number of benzene rings is 2. The maximum atomic E-state index is 13.8. The minimum atomic E-state index is -0.838. The van der Waals surface area contributed by atoms with Crippen LogP contribution in [-0.4, -0.2) is 23.6 Å². The molecule has 0 saturated heterocycles. The van der Waals surface area contributed by atoms with Gasteiger partial charge in [-0.1, -0.05) is 26.0 Å². The molecule has 1 unspecified atom stereocenters. The van der Waals surface area contributed by atoms with Crippen molar-refractivity contribution in [2.24, 2.45) is 5.92 Å². The molecule has 136 valence electrons. The Balaban J connectivity index is 2.11. The summed E-state index contributed by atoms with van der Waals surface area (Å²) in [7, 11) is 0. The molecule has 0 aliphatic carbocycles. The first-order valence-corrected chi connectivity index (χ1v) is 8.27. The van der Waals surface area contributed by atoms with Crippen LogP contribution in [0.4, 0.5) is 10.1 Å². The number of hydrogen-bond acceptors (Lipinski definition) is 3. The van der Waals surface area contributed by atoms with Gasteiger partial charge in [-0.15, -0.1) is 0 Å². The SMILES string of the molecule is CC(=O)c1ccc(NC(=O)C(NC(=O)c2ccccc2F)C(C)C)cc1. The van der Waals surface area contributed by atoms with E-state index in [2.05, 4.69) is 10.6 Å². The maximum Gasteiger partial charge on any atom is 0.254 e. The van der Waals surface area contributed by atoms with Crippen LogP contribution in [0.5, 0.6) is 0 Å². The average Bonchev–Trinajstić information content (AvgIpc) is 2.59. The van der Waals surface area contributed by atoms with Crippen LogP contribution in [0.2, 0.25) is 0 Å². The summed E-state index contributed by atoms with van der Waals surface area (Å²) in [5, 5.41) is 5.28. The lowest BCUT2D eigenvalue weighted by molar-refractivity contribution is -0.118. The summed E-state index contributed by atoms with van der Waals surface area (Å²) in [4.78, 5) is 36.1. The van der Waals surface area contributed by atoms with Gasteiger partial charge < -0.3 is 10.6 Å². The highest BCUT2D eigenvalue weighted by molar-refractivity contribution is 6.01. The van der Waals surface area contributed by atoms with Crippen molar-refractivity contribution in [2.45, 2.75) is 26.8 Å². The van der Waals surface area contributed by atoms with Gasteiger partial charge in [-0.2, -0.15) is 0 Å². The minimum absolute atomic E-state index is 0.0694. The van der Waals surface area contributed by atoms with Gasteiger partial charge in [0.2, 0.25) is 5.91 Å². The maximum absolute atomic E-state index is 13.8. The lowest BCUT2D eigenvalue weighted by Crippen LogP contribution is -2.47. The van der Waals surface area contributed by atoms with E-state index in [1.807, 2.05) is 0 Å². The molecule has 2 aromatic carbocycles. The standard InChI is InChI=1S/C20H21FN2O3/c1-12(2)18(23-19(25)16-6-4-5-7-17(16)21)20(26)22-15-10-8-14(9-11-15)13(3)24/h4-12,18H,1-3H3,(H,22,26)(H,23,25). The molecule has 1 atom stereocenters. The number of carbonyl (C=O) groups is 3. The number of amides is 2. The van der Waals surface area contributed by atoms with E-state index in [0.29, 0.717) is 11.3 Å². The first-order chi connectivity index (χ1) is 12.3. The Bertz CT molecular complexity index is 816. The summed E-state index contributed by atoms with van der Waals surface area (Å²) in [6, 6.07) is 11.2. The van der Waals surface area contributed by atoms with Crippen molar-refractivity contribution in [1.29, 1.82) is 0 Å². The molecular weight excluding hydrogens is 335 g/mol. The van der Waals surface area contributed by atoms with Crippen molar-refractivity contribution in [2.75, 3.05) is 5.32 Å². The van der Waals surface area contributed by atoms with E-state index in [9.17, 15) is 18.8 Å². The van der Waals surface area contributed by atoms with Crippen molar-refractivity contribution in [1.82, 2.24) is 5.32 Å². The number of carbonyl (C=O) groups excluding carboxylic acids is 3. The molecule has 2 aromatic rings. The van der Waals surface area contributed by atoms with E-state index in [1.54, 1.807) is 44.2 Å². The second-order valence-electron chi connectivity index (χ2n) is 6.30. The molecule has 0 spiro atoms. The Labute approximate surface area is 151 Å². The minimum Gasteiger partial charge on any atom is -0.340 e. The number of Topliss-reactive ketones (excluding diaryl/α,β-unsaturated/α-hetero) is 1. The molecule has 0 heterocycles. The summed E-state index contributed by atoms with van der Waals surface area (Å²) in [6.45, 7) is 5.02. The third kappa shape index (κ3) is 4.75. The molecule has 6 heteroatoms. The second kappa shape index (κ2) is 8.38. The number of halogens is 1. The topological polar surface area (TPSA) is 75.3 Å². The van der Waals surface area contributed by atoms with Gasteiger partial charge in [0.1, 0.15) is 11.9 Å². The van der Waals surface area contributed by atoms with Crippen LogP contribution in [0, 0.1) is 11.7 Å². The zero-order valence-electron chi connectivity index (χ0n) is 14.9. The van der Waals surface area contributed by atoms with Crippen molar-refractivity contribution < 1.29 is 18.8 Å². The summed E-state index contributed by atoms with van der Waals surface area (Å²) >= 11 is 0. The van der Waals surface area contributed by atoms with Crippen LogP contribution in [0.3, 0.4) is 0 Å². The van der Waals surface area contributed by atoms with Gasteiger partial charge in [-0.05, 0) is 49.2 Å². The normalized spacial score (nSPS) is 11.7. The van der Waals surface area contributed by atoms with E-state index in [1.165, 1.54) is 25.1 Å². The van der Waals surface area contributed by atoms with Crippen molar-refractivity contribution >= 4 is 23.3 Å². The molecule has 2 amide bonds. The van der Waals surface area contributed by atoms with Crippen LogP contribution in [0.25, 0.3) is 0 Å². The van der Waals surface area contributed by atoms with Gasteiger partial charge in [-0.25, -0.2) is 4.39 Å². The molecule has 0 fully saturated rings. The van der Waals surface area contributed by atoms with E-state index < -0.39 is 23.7 Å². The fourth-order valence-electron chi connectivity index (χ4n) is 2.41. The lowest BCUT2D eigenvalue weighted by Gasteiger charge is -2.22. The summed E-state index contributed by atoms with van der Waals surface area (Å²) in [5.74, 6) is -1.99. The number of ketones is 1. The fourth-order valence-corrected chi connectivity index (χ4v) is 2.41. The van der Waals surface area contributed by atoms with Crippen molar-refractivity contribution in [3.63, 3.8) is 0 Å². The van der Waals surface area contributed by atoms with Crippen molar-refractivity contribution in [3.8, 4) is 0 Å². The molecule has 0 aromatic heterocycles. The quantitative estimate of drug-likeness (QED) is 0.779. The highest BCUT2D eigenvalue weighted by Crippen LogP contribution is 2.13. The van der Waals surface area contributed by atoms with E-state index in [0.717, 1.165) is 0 Å². The Hall–Kier alpha value is -3.02. The molecule has 26 heavy (non-hydrogen) atoms. The van der Waals surface area contributed by atoms with Crippen molar-refractivity contribution in [3.05, 3.63) is 65.5 Å². The number of hydrogen-bond donors (Lipinski definition) is 2. The monoisotopic (exact) mass is 356 g/mol. The zero-order valence-corrected chi connectivity index (χ0v) is 14.9. The Kier molecular flexibility index (Phi) is 6.22. The molecule has 0 aliphatic heterocycles. The average molecular weight is 356 g/mol. The smallest absolute Gasteiger partial charge is 0.254 e. The third-order valence-electron chi connectivity index (χ3n) is 3.91. The summed E-state index contributed by atoms with van der Waals surface area (Å²) in [6.07, 6.45) is 0. The lowest BCUT2D eigenvalue weighted by atomic mass is 10.0. The van der Waals surface area contributed by atoms with Gasteiger partial charge in [0.15, 0.2) is 5.78 Å². The molecule has 2 rings (SSSR count). The molecule has 0 aliphatic rings. The Morgan fingerprint density at radius 1 is 0.962 bits per heavy atom. The van der Waals surface area contributed by atoms with Gasteiger partial charge >= 0.3 is 0 Å². The largest absolute Gasteiger partial charge is 0.340 e. The van der Waals surface area contributed by atoms with Gasteiger partial charge in [-0.3, -0.25) is 14.4 Å². The fraction of sp³-hybridized carbons (Fsp3) is 0.250. The van der Waals surface area contributed by atoms with Gasteiger partial charge in [0, 0.05) is 11.3 Å². The Morgan fingerprint density at radius 3 is 2.12 bits per heavy atom. The van der Waals surface area contributed by atoms with Crippen LogP contribution >= 0.6 is 0 Å². The van der Waals surface area contributed by atoms with Gasteiger partial charge in [0.05, 0.1) is 5.56 Å². The van der Waals surface area contributed by atoms with Gasteiger partial charge in [0.25, 0.3) is 5.91 Å². The highest BCUT2D eigenvalue weighted by Gasteiger charge is 2.25. The first kappa shape index (κ1) is 19.3. The summed E-state index contributed by atoms with van der Waals surface area (Å²) in [5.41, 5.74) is 0.929. The third-order valence-corrected chi connectivity index (χ3v) is 3.91. The second-order valence-corrected chi connectivity index (χ2v) is 6.30. The van der Waals surface area contributed by atoms with Crippen LogP contribution in [0.15, 0.2) is 48.5 Å². The van der Waals surface area contributed by atoms with E-state index >= 15 is 0 Å². The predicted octanol–water partition coefficient (Wildman–Crippen LogP) is 3.42. The highest BCUT2D eigenvalue weighted by atomic mass is 19.1. The first-order valence-electron chi connectivity index (χ1n) is 8.27. The molecule has 0 saturated carbocycles. The number of rotatable bonds is 6. The van der Waals surface area contributed by atoms with E-state index in [-0.39, 0.29) is 17.3 Å². The molecule has 5 nitrogen and oxygen atoms in total. The Morgan fingerprint density at radius 2 is 1.58 bits per heavy atom. The number of nitrogens with one attached hydrogen (secondary N) is 2. The predicted molar refractivity (Wildman–Crippen MR) is 97.6 cm³/mol.